The summed E-state index contributed by atoms with van der Waals surface area (Å²) in [7, 11) is 0. The van der Waals surface area contributed by atoms with Gasteiger partial charge in [-0.25, -0.2) is 4.39 Å². The van der Waals surface area contributed by atoms with Crippen molar-refractivity contribution in [2.24, 2.45) is 16.7 Å². The van der Waals surface area contributed by atoms with Crippen molar-refractivity contribution in [2.75, 3.05) is 13.1 Å². The Morgan fingerprint density at radius 3 is 2.71 bits per heavy atom. The molecule has 24 heavy (non-hydrogen) atoms. The molecule has 128 valence electrons. The Morgan fingerprint density at radius 1 is 1.29 bits per heavy atom. The lowest BCUT2D eigenvalue weighted by Gasteiger charge is -2.39. The quantitative estimate of drug-likeness (QED) is 0.731. The van der Waals surface area contributed by atoms with Crippen molar-refractivity contribution < 1.29 is 9.18 Å². The van der Waals surface area contributed by atoms with Crippen LogP contribution in [0.15, 0.2) is 36.4 Å². The van der Waals surface area contributed by atoms with Crippen molar-refractivity contribution in [3.63, 3.8) is 0 Å². The van der Waals surface area contributed by atoms with Crippen LogP contribution < -0.4 is 0 Å². The van der Waals surface area contributed by atoms with Gasteiger partial charge < -0.3 is 4.90 Å². The average Bonchev–Trinajstić information content (AvgIpc) is 3.25. The first-order valence-corrected chi connectivity index (χ1v) is 9.10. The molecule has 4 rings (SSSR count). The number of carbonyl (C=O) groups excluding carboxylic acids is 1. The maximum atomic E-state index is 14.1. The summed E-state index contributed by atoms with van der Waals surface area (Å²) in [6.45, 7) is 10.2. The molecule has 0 aromatic heterocycles. The van der Waals surface area contributed by atoms with Crippen LogP contribution in [0.1, 0.15) is 51.0 Å². The lowest BCUT2D eigenvalue weighted by molar-refractivity contribution is -0.138. The molecule has 3 atom stereocenters. The van der Waals surface area contributed by atoms with Gasteiger partial charge in [-0.15, -0.1) is 0 Å². The van der Waals surface area contributed by atoms with E-state index in [9.17, 15) is 9.18 Å². The second kappa shape index (κ2) is 5.18. The molecule has 2 aliphatic carbocycles. The first-order valence-electron chi connectivity index (χ1n) is 9.10. The zero-order valence-electron chi connectivity index (χ0n) is 14.6. The van der Waals surface area contributed by atoms with Crippen LogP contribution in [0.3, 0.4) is 0 Å². The lowest BCUT2D eigenvalue weighted by atomic mass is 9.68. The van der Waals surface area contributed by atoms with Crippen molar-refractivity contribution in [1.82, 2.24) is 4.90 Å². The van der Waals surface area contributed by atoms with E-state index >= 15 is 0 Å². The molecule has 2 nitrogen and oxygen atoms in total. The molecule has 3 heteroatoms. The number of rotatable bonds is 2. The van der Waals surface area contributed by atoms with Crippen LogP contribution in [0.4, 0.5) is 4.39 Å². The Bertz CT molecular complexity index is 710. The van der Waals surface area contributed by atoms with Gasteiger partial charge in [0.25, 0.3) is 0 Å². The second-order valence-electron chi connectivity index (χ2n) is 8.48. The largest absolute Gasteiger partial charge is 0.341 e. The summed E-state index contributed by atoms with van der Waals surface area (Å²) in [5.41, 5.74) is 1.60. The summed E-state index contributed by atoms with van der Waals surface area (Å²) in [6.07, 6.45) is 3.88. The Kier molecular flexibility index (Phi) is 3.42. The van der Waals surface area contributed by atoms with Gasteiger partial charge in [-0.05, 0) is 48.6 Å². The third kappa shape index (κ3) is 2.03. The van der Waals surface area contributed by atoms with E-state index in [-0.39, 0.29) is 28.5 Å². The minimum atomic E-state index is -0.349. The molecule has 3 fully saturated rings. The van der Waals surface area contributed by atoms with Gasteiger partial charge in [-0.3, -0.25) is 4.79 Å². The molecule has 0 spiro atoms. The van der Waals surface area contributed by atoms with Gasteiger partial charge in [0, 0.05) is 19.0 Å². The number of likely N-dealkylation sites (tertiary alicyclic amines) is 1. The number of fused-ring (bicyclic) bond motifs is 2. The minimum Gasteiger partial charge on any atom is -0.341 e. The molecule has 2 bridgehead atoms. The van der Waals surface area contributed by atoms with E-state index in [0.29, 0.717) is 12.5 Å². The Labute approximate surface area is 143 Å². The Balaban J connectivity index is 1.55. The average molecular weight is 327 g/mol. The van der Waals surface area contributed by atoms with Crippen molar-refractivity contribution >= 4 is 5.91 Å². The fraction of sp³-hybridized carbons (Fsp3) is 0.571. The molecule has 0 N–H and O–H groups in total. The highest BCUT2D eigenvalue weighted by atomic mass is 19.1. The van der Waals surface area contributed by atoms with Crippen molar-refractivity contribution in [2.45, 2.75) is 45.4 Å². The van der Waals surface area contributed by atoms with Gasteiger partial charge >= 0.3 is 0 Å². The zero-order valence-corrected chi connectivity index (χ0v) is 14.6. The van der Waals surface area contributed by atoms with Crippen molar-refractivity contribution in [1.29, 1.82) is 0 Å². The predicted octanol–water partition coefficient (Wildman–Crippen LogP) is 4.52. The predicted molar refractivity (Wildman–Crippen MR) is 93.0 cm³/mol. The molecule has 1 amide bonds. The fourth-order valence-electron chi connectivity index (χ4n) is 5.43. The third-order valence-corrected chi connectivity index (χ3v) is 7.12. The topological polar surface area (TPSA) is 20.3 Å². The SMILES string of the molecule is C=C1C2(C(=O)N3CCC(c4ccccc4F)C3)CCC(C2)C1(C)C. The van der Waals surface area contributed by atoms with Crippen LogP contribution in [-0.4, -0.2) is 23.9 Å². The normalized spacial score (nSPS) is 34.1. The molecule has 3 aliphatic rings. The van der Waals surface area contributed by atoms with E-state index in [1.165, 1.54) is 6.07 Å². The first kappa shape index (κ1) is 15.9. The maximum absolute atomic E-state index is 14.1. The third-order valence-electron chi connectivity index (χ3n) is 7.12. The van der Waals surface area contributed by atoms with E-state index < -0.39 is 0 Å². The summed E-state index contributed by atoms with van der Waals surface area (Å²) in [5, 5.41) is 0. The smallest absolute Gasteiger partial charge is 0.232 e. The van der Waals surface area contributed by atoms with Gasteiger partial charge in [0.2, 0.25) is 5.91 Å². The first-order chi connectivity index (χ1) is 11.4. The van der Waals surface area contributed by atoms with Gasteiger partial charge in [0.15, 0.2) is 0 Å². The Hall–Kier alpha value is -1.64. The number of halogens is 1. The lowest BCUT2D eigenvalue weighted by Crippen LogP contribution is -2.43. The van der Waals surface area contributed by atoms with Gasteiger partial charge in [-0.1, -0.05) is 44.2 Å². The van der Waals surface area contributed by atoms with Crippen LogP contribution in [0, 0.1) is 22.6 Å². The molecule has 1 aromatic carbocycles. The molecule has 1 saturated heterocycles. The number of hydrogen-bond acceptors (Lipinski definition) is 1. The van der Waals surface area contributed by atoms with Crippen LogP contribution in [0.5, 0.6) is 0 Å². The molecular weight excluding hydrogens is 301 g/mol. The molecule has 1 aliphatic heterocycles. The van der Waals surface area contributed by atoms with Gasteiger partial charge in [0.05, 0.1) is 5.41 Å². The molecule has 1 heterocycles. The highest BCUT2D eigenvalue weighted by Gasteiger charge is 2.62. The summed E-state index contributed by atoms with van der Waals surface area (Å²) in [6, 6.07) is 6.97. The van der Waals surface area contributed by atoms with E-state index in [1.807, 2.05) is 17.0 Å². The van der Waals surface area contributed by atoms with E-state index in [4.69, 9.17) is 0 Å². The summed E-state index contributed by atoms with van der Waals surface area (Å²) < 4.78 is 14.1. The zero-order chi connectivity index (χ0) is 17.1. The molecule has 0 radical (unpaired) electrons. The van der Waals surface area contributed by atoms with Crippen LogP contribution >= 0.6 is 0 Å². The standard InChI is InChI=1S/C21H26FNO/c1-14-20(2,3)16-8-10-21(14,12-16)19(24)23-11-9-15(13-23)17-6-4-5-7-18(17)22/h4-7,15-16H,1,8-13H2,2-3H3. The number of hydrogen-bond donors (Lipinski definition) is 0. The molecule has 2 saturated carbocycles. The van der Waals surface area contributed by atoms with E-state index in [2.05, 4.69) is 20.4 Å². The van der Waals surface area contributed by atoms with E-state index in [1.54, 1.807) is 6.07 Å². The highest BCUT2D eigenvalue weighted by molar-refractivity contribution is 5.88. The maximum Gasteiger partial charge on any atom is 0.232 e. The number of nitrogens with zero attached hydrogens (tertiary/aromatic N) is 1. The van der Waals surface area contributed by atoms with Crippen LogP contribution in [0.2, 0.25) is 0 Å². The van der Waals surface area contributed by atoms with Gasteiger partial charge in [0.1, 0.15) is 5.82 Å². The fourth-order valence-corrected chi connectivity index (χ4v) is 5.43. The monoisotopic (exact) mass is 327 g/mol. The molecule has 1 aromatic rings. The van der Waals surface area contributed by atoms with E-state index in [0.717, 1.165) is 43.4 Å². The number of benzene rings is 1. The number of carbonyl (C=O) groups is 1. The minimum absolute atomic E-state index is 0.0680. The highest BCUT2D eigenvalue weighted by Crippen LogP contribution is 2.66. The summed E-state index contributed by atoms with van der Waals surface area (Å²) in [4.78, 5) is 15.3. The van der Waals surface area contributed by atoms with Gasteiger partial charge in [-0.2, -0.15) is 0 Å². The van der Waals surface area contributed by atoms with Crippen LogP contribution in [-0.2, 0) is 4.79 Å². The number of amides is 1. The summed E-state index contributed by atoms with van der Waals surface area (Å²) in [5.74, 6) is 0.798. The van der Waals surface area contributed by atoms with Crippen LogP contribution in [0.25, 0.3) is 0 Å². The molecular formula is C21H26FNO. The van der Waals surface area contributed by atoms with Crippen molar-refractivity contribution in [3.05, 3.63) is 47.8 Å². The molecule has 3 unspecified atom stereocenters. The second-order valence-corrected chi connectivity index (χ2v) is 8.48. The Morgan fingerprint density at radius 2 is 2.04 bits per heavy atom. The van der Waals surface area contributed by atoms with Crippen molar-refractivity contribution in [3.8, 4) is 0 Å². The summed E-state index contributed by atoms with van der Waals surface area (Å²) >= 11 is 0.